The Balaban J connectivity index is 1.48. The second-order valence-corrected chi connectivity index (χ2v) is 5.49. The number of ether oxygens (including phenoxy) is 2. The number of likely N-dealkylation sites (N-methyl/N-ethyl adjacent to an activating group) is 1. The number of hydrogen-bond acceptors (Lipinski definition) is 4. The molecular formula is C14H28N2O2. The molecule has 0 bridgehead atoms. The SMILES string of the molecule is CNCC1CCC(COCCN2CCCCC2)O1. The summed E-state index contributed by atoms with van der Waals surface area (Å²) in [4.78, 5) is 2.52. The van der Waals surface area contributed by atoms with Crippen LogP contribution in [0.2, 0.25) is 0 Å². The third-order valence-corrected chi connectivity index (χ3v) is 3.93. The van der Waals surface area contributed by atoms with Crippen LogP contribution in [0.1, 0.15) is 32.1 Å². The van der Waals surface area contributed by atoms with Crippen LogP contribution in [-0.2, 0) is 9.47 Å². The Morgan fingerprint density at radius 1 is 1.17 bits per heavy atom. The van der Waals surface area contributed by atoms with E-state index >= 15 is 0 Å². The Hall–Kier alpha value is -0.160. The summed E-state index contributed by atoms with van der Waals surface area (Å²) in [5.41, 5.74) is 0. The van der Waals surface area contributed by atoms with Crippen LogP contribution in [0.5, 0.6) is 0 Å². The van der Waals surface area contributed by atoms with E-state index in [9.17, 15) is 0 Å². The molecule has 2 aliphatic rings. The predicted octanol–water partition coefficient (Wildman–Crippen LogP) is 1.26. The molecule has 0 aromatic carbocycles. The van der Waals surface area contributed by atoms with Crippen LogP contribution in [0, 0.1) is 0 Å². The summed E-state index contributed by atoms with van der Waals surface area (Å²) in [7, 11) is 1.98. The van der Waals surface area contributed by atoms with E-state index in [0.717, 1.165) is 32.7 Å². The zero-order valence-electron chi connectivity index (χ0n) is 11.7. The van der Waals surface area contributed by atoms with Gasteiger partial charge >= 0.3 is 0 Å². The number of rotatable bonds is 7. The minimum atomic E-state index is 0.324. The molecule has 2 saturated heterocycles. The number of hydrogen-bond donors (Lipinski definition) is 1. The van der Waals surface area contributed by atoms with Gasteiger partial charge in [-0.1, -0.05) is 6.42 Å². The fourth-order valence-electron chi connectivity index (χ4n) is 2.87. The lowest BCUT2D eigenvalue weighted by Crippen LogP contribution is -2.33. The van der Waals surface area contributed by atoms with Crippen LogP contribution in [-0.4, -0.2) is 63.5 Å². The molecule has 106 valence electrons. The van der Waals surface area contributed by atoms with E-state index < -0.39 is 0 Å². The van der Waals surface area contributed by atoms with Crippen molar-refractivity contribution in [2.75, 3.05) is 46.4 Å². The first-order valence-electron chi connectivity index (χ1n) is 7.48. The number of nitrogens with zero attached hydrogens (tertiary/aromatic N) is 1. The van der Waals surface area contributed by atoms with Gasteiger partial charge in [-0.3, -0.25) is 0 Å². The zero-order chi connectivity index (χ0) is 12.6. The van der Waals surface area contributed by atoms with Gasteiger partial charge in [0.25, 0.3) is 0 Å². The highest BCUT2D eigenvalue weighted by Gasteiger charge is 2.24. The molecule has 2 unspecified atom stereocenters. The van der Waals surface area contributed by atoms with Gasteiger partial charge in [-0.25, -0.2) is 0 Å². The Morgan fingerprint density at radius 3 is 2.72 bits per heavy atom. The number of piperidine rings is 1. The molecule has 0 amide bonds. The van der Waals surface area contributed by atoms with Crippen LogP contribution in [0.15, 0.2) is 0 Å². The van der Waals surface area contributed by atoms with Crippen molar-refractivity contribution in [2.24, 2.45) is 0 Å². The fraction of sp³-hybridized carbons (Fsp3) is 1.00. The largest absolute Gasteiger partial charge is 0.377 e. The lowest BCUT2D eigenvalue weighted by atomic mass is 10.1. The maximum atomic E-state index is 5.89. The second kappa shape index (κ2) is 8.10. The van der Waals surface area contributed by atoms with E-state index in [-0.39, 0.29) is 0 Å². The third-order valence-electron chi connectivity index (χ3n) is 3.93. The molecule has 0 aromatic rings. The molecular weight excluding hydrogens is 228 g/mol. The molecule has 0 aliphatic carbocycles. The smallest absolute Gasteiger partial charge is 0.0813 e. The number of nitrogens with one attached hydrogen (secondary N) is 1. The average Bonchev–Trinajstić information content (AvgIpc) is 2.84. The fourth-order valence-corrected chi connectivity index (χ4v) is 2.87. The van der Waals surface area contributed by atoms with Crippen molar-refractivity contribution in [2.45, 2.75) is 44.3 Å². The van der Waals surface area contributed by atoms with Crippen LogP contribution < -0.4 is 5.32 Å². The van der Waals surface area contributed by atoms with Crippen molar-refractivity contribution >= 4 is 0 Å². The lowest BCUT2D eigenvalue weighted by Gasteiger charge is -2.26. The van der Waals surface area contributed by atoms with E-state index in [2.05, 4.69) is 10.2 Å². The standard InChI is InChI=1S/C14H28N2O2/c1-15-11-13-5-6-14(18-13)12-17-10-9-16-7-3-2-4-8-16/h13-15H,2-12H2,1H3. The summed E-state index contributed by atoms with van der Waals surface area (Å²) in [6, 6.07) is 0. The Bertz CT molecular complexity index is 220. The molecule has 0 spiro atoms. The van der Waals surface area contributed by atoms with E-state index in [1.54, 1.807) is 0 Å². The van der Waals surface area contributed by atoms with Crippen LogP contribution in [0.4, 0.5) is 0 Å². The maximum absolute atomic E-state index is 5.89. The van der Waals surface area contributed by atoms with Gasteiger partial charge < -0.3 is 19.7 Å². The average molecular weight is 256 g/mol. The lowest BCUT2D eigenvalue weighted by molar-refractivity contribution is -0.0183. The molecule has 4 nitrogen and oxygen atoms in total. The molecule has 2 aliphatic heterocycles. The summed E-state index contributed by atoms with van der Waals surface area (Å²) < 4.78 is 11.7. The Morgan fingerprint density at radius 2 is 1.94 bits per heavy atom. The highest BCUT2D eigenvalue weighted by molar-refractivity contribution is 4.74. The van der Waals surface area contributed by atoms with Crippen molar-refractivity contribution in [3.8, 4) is 0 Å². The van der Waals surface area contributed by atoms with Crippen molar-refractivity contribution in [3.05, 3.63) is 0 Å². The number of likely N-dealkylation sites (tertiary alicyclic amines) is 1. The van der Waals surface area contributed by atoms with Gasteiger partial charge in [0.2, 0.25) is 0 Å². The zero-order valence-corrected chi connectivity index (χ0v) is 11.7. The molecule has 1 N–H and O–H groups in total. The van der Waals surface area contributed by atoms with Gasteiger partial charge in [0.15, 0.2) is 0 Å². The monoisotopic (exact) mass is 256 g/mol. The van der Waals surface area contributed by atoms with E-state index in [1.165, 1.54) is 38.8 Å². The molecule has 0 aromatic heterocycles. The van der Waals surface area contributed by atoms with Crippen molar-refractivity contribution in [1.82, 2.24) is 10.2 Å². The first-order chi connectivity index (χ1) is 8.88. The molecule has 0 saturated carbocycles. The van der Waals surface area contributed by atoms with Gasteiger partial charge in [0, 0.05) is 13.1 Å². The summed E-state index contributed by atoms with van der Waals surface area (Å²) in [5.74, 6) is 0. The highest BCUT2D eigenvalue weighted by Crippen LogP contribution is 2.19. The molecule has 4 heteroatoms. The normalized spacial score (nSPS) is 29.8. The van der Waals surface area contributed by atoms with Crippen molar-refractivity contribution in [1.29, 1.82) is 0 Å². The van der Waals surface area contributed by atoms with Gasteiger partial charge in [0.05, 0.1) is 25.4 Å². The molecule has 18 heavy (non-hydrogen) atoms. The summed E-state index contributed by atoms with van der Waals surface area (Å²) >= 11 is 0. The Kier molecular flexibility index (Phi) is 6.41. The molecule has 2 atom stereocenters. The minimum absolute atomic E-state index is 0.324. The van der Waals surface area contributed by atoms with E-state index in [4.69, 9.17) is 9.47 Å². The first-order valence-corrected chi connectivity index (χ1v) is 7.48. The van der Waals surface area contributed by atoms with Gasteiger partial charge in [-0.2, -0.15) is 0 Å². The quantitative estimate of drug-likeness (QED) is 0.695. The highest BCUT2D eigenvalue weighted by atomic mass is 16.5. The van der Waals surface area contributed by atoms with Crippen molar-refractivity contribution < 1.29 is 9.47 Å². The second-order valence-electron chi connectivity index (χ2n) is 5.49. The predicted molar refractivity (Wildman–Crippen MR) is 72.9 cm³/mol. The summed E-state index contributed by atoms with van der Waals surface area (Å²) in [6.45, 7) is 6.20. The third kappa shape index (κ3) is 4.84. The van der Waals surface area contributed by atoms with Gasteiger partial charge in [-0.05, 0) is 45.8 Å². The van der Waals surface area contributed by atoms with E-state index in [1.807, 2.05) is 7.05 Å². The molecule has 2 rings (SSSR count). The first kappa shape index (κ1) is 14.3. The van der Waals surface area contributed by atoms with E-state index in [0.29, 0.717) is 12.2 Å². The maximum Gasteiger partial charge on any atom is 0.0813 e. The summed E-state index contributed by atoms with van der Waals surface area (Å²) in [5, 5.41) is 3.17. The molecule has 0 radical (unpaired) electrons. The minimum Gasteiger partial charge on any atom is -0.377 e. The van der Waals surface area contributed by atoms with Crippen molar-refractivity contribution in [3.63, 3.8) is 0 Å². The Labute approximate surface area is 111 Å². The molecule has 2 fully saturated rings. The van der Waals surface area contributed by atoms with Gasteiger partial charge in [0.1, 0.15) is 0 Å². The topological polar surface area (TPSA) is 33.7 Å². The van der Waals surface area contributed by atoms with Crippen LogP contribution >= 0.6 is 0 Å². The van der Waals surface area contributed by atoms with Gasteiger partial charge in [-0.15, -0.1) is 0 Å². The summed E-state index contributed by atoms with van der Waals surface area (Å²) in [6.07, 6.45) is 7.15. The van der Waals surface area contributed by atoms with Crippen LogP contribution in [0.25, 0.3) is 0 Å². The van der Waals surface area contributed by atoms with Crippen LogP contribution in [0.3, 0.4) is 0 Å². The molecule has 2 heterocycles.